The number of carbonyl (C=O) groups excluding carboxylic acids is 1. The average Bonchev–Trinajstić information content (AvgIpc) is 2.54. The summed E-state index contributed by atoms with van der Waals surface area (Å²) in [5.74, 6) is 3.28. The summed E-state index contributed by atoms with van der Waals surface area (Å²) in [6.07, 6.45) is 0. The molecule has 0 unspecified atom stereocenters. The first-order valence-electron chi connectivity index (χ1n) is 8.60. The van der Waals surface area contributed by atoms with Gasteiger partial charge in [0.25, 0.3) is 0 Å². The van der Waals surface area contributed by atoms with E-state index in [1.165, 1.54) is 14.2 Å². The van der Waals surface area contributed by atoms with Crippen LogP contribution < -0.4 is 4.74 Å². The van der Waals surface area contributed by atoms with E-state index >= 15 is 0 Å². The van der Waals surface area contributed by atoms with Gasteiger partial charge in [-0.15, -0.1) is 5.54 Å². The molecule has 0 fully saturated rings. The molecule has 0 aliphatic heterocycles. The Morgan fingerprint density at radius 1 is 1.04 bits per heavy atom. The number of halogens is 1. The van der Waals surface area contributed by atoms with Gasteiger partial charge in [0.2, 0.25) is 0 Å². The first kappa shape index (κ1) is 21.6. The Hall–Kier alpha value is -1.44. The van der Waals surface area contributed by atoms with Crippen LogP contribution in [0.15, 0.2) is 12.1 Å². The highest BCUT2D eigenvalue weighted by atomic mass is 35.5. The number of benzene rings is 1. The number of rotatable bonds is 5. The van der Waals surface area contributed by atoms with Gasteiger partial charge in [-0.3, -0.25) is 0 Å². The Morgan fingerprint density at radius 3 is 1.96 bits per heavy atom. The predicted molar refractivity (Wildman–Crippen MR) is 107 cm³/mol. The van der Waals surface area contributed by atoms with Gasteiger partial charge >= 0.3 is 5.97 Å². The molecule has 0 aromatic heterocycles. The average molecular weight is 381 g/mol. The number of esters is 1. The lowest BCUT2D eigenvalue weighted by atomic mass is 10.1. The van der Waals surface area contributed by atoms with Crippen molar-refractivity contribution in [3.8, 4) is 17.2 Å². The number of hydrogen-bond donors (Lipinski definition) is 0. The van der Waals surface area contributed by atoms with Crippen LogP contribution in [0.25, 0.3) is 0 Å². The number of ether oxygens (including phenoxy) is 2. The third-order valence-corrected chi connectivity index (χ3v) is 11.6. The van der Waals surface area contributed by atoms with E-state index < -0.39 is 14.0 Å². The Labute approximate surface area is 158 Å². The molecule has 0 atom stereocenters. The van der Waals surface area contributed by atoms with Gasteiger partial charge in [-0.05, 0) is 28.8 Å². The van der Waals surface area contributed by atoms with Crippen LogP contribution in [0.2, 0.25) is 21.6 Å². The summed E-state index contributed by atoms with van der Waals surface area (Å²) in [5.41, 5.74) is 6.17. The van der Waals surface area contributed by atoms with Gasteiger partial charge in [-0.2, -0.15) is 0 Å². The maximum Gasteiger partial charge on any atom is 0.338 e. The summed E-state index contributed by atoms with van der Waals surface area (Å²) in [4.78, 5) is 11.9. The van der Waals surface area contributed by atoms with Crippen molar-refractivity contribution in [1.82, 2.24) is 0 Å². The van der Waals surface area contributed by atoms with E-state index in [4.69, 9.17) is 21.1 Å². The van der Waals surface area contributed by atoms with Crippen LogP contribution in [0.5, 0.6) is 5.75 Å². The second-order valence-electron chi connectivity index (χ2n) is 7.18. The van der Waals surface area contributed by atoms with Crippen molar-refractivity contribution < 1.29 is 14.3 Å². The zero-order valence-corrected chi connectivity index (χ0v) is 18.2. The van der Waals surface area contributed by atoms with Gasteiger partial charge in [-0.25, -0.2) is 4.79 Å². The van der Waals surface area contributed by atoms with Gasteiger partial charge in [0.15, 0.2) is 0 Å². The van der Waals surface area contributed by atoms with Gasteiger partial charge in [0, 0.05) is 5.56 Å². The standard InChI is InChI=1S/C20H29ClO3Si/c1-13(2)25(14(3)4,15(5)6)10-9-16-11-17(20(22)24-8)12-18(23-7)19(16)21/h11-15H,1-8H3. The molecule has 1 aromatic carbocycles. The molecule has 0 N–H and O–H groups in total. The van der Waals surface area contributed by atoms with E-state index in [0.29, 0.717) is 38.5 Å². The Morgan fingerprint density at radius 2 is 1.56 bits per heavy atom. The van der Waals surface area contributed by atoms with Crippen molar-refractivity contribution in [2.45, 2.75) is 58.2 Å². The SMILES string of the molecule is COC(=O)c1cc(C#C[Si](C(C)C)(C(C)C)C(C)C)c(Cl)c(OC)c1. The summed E-state index contributed by atoms with van der Waals surface area (Å²) < 4.78 is 10.1. The van der Waals surface area contributed by atoms with Crippen molar-refractivity contribution in [2.24, 2.45) is 0 Å². The van der Waals surface area contributed by atoms with Crippen molar-refractivity contribution >= 4 is 25.6 Å². The Kier molecular flexibility index (Phi) is 7.58. The lowest BCUT2D eigenvalue weighted by Gasteiger charge is -2.38. The summed E-state index contributed by atoms with van der Waals surface area (Å²) in [6.45, 7) is 13.5. The van der Waals surface area contributed by atoms with E-state index in [9.17, 15) is 4.79 Å². The smallest absolute Gasteiger partial charge is 0.338 e. The summed E-state index contributed by atoms with van der Waals surface area (Å²) in [6, 6.07) is 3.27. The molecule has 0 aliphatic carbocycles. The van der Waals surface area contributed by atoms with Gasteiger partial charge in [-0.1, -0.05) is 59.1 Å². The zero-order valence-electron chi connectivity index (χ0n) is 16.5. The monoisotopic (exact) mass is 380 g/mol. The third-order valence-electron chi connectivity index (χ3n) is 4.96. The molecule has 3 nitrogen and oxygen atoms in total. The lowest BCUT2D eigenvalue weighted by molar-refractivity contribution is 0.0600. The van der Waals surface area contributed by atoms with E-state index in [-0.39, 0.29) is 0 Å². The van der Waals surface area contributed by atoms with Gasteiger partial charge in [0.1, 0.15) is 13.8 Å². The molecular formula is C20H29ClO3Si. The summed E-state index contributed by atoms with van der Waals surface area (Å²) in [7, 11) is 0.982. The van der Waals surface area contributed by atoms with Crippen LogP contribution in [0.3, 0.4) is 0 Å². The topological polar surface area (TPSA) is 35.5 Å². The summed E-state index contributed by atoms with van der Waals surface area (Å²) >= 11 is 6.43. The molecule has 1 aromatic rings. The molecule has 1 rings (SSSR count). The minimum atomic E-state index is -1.89. The van der Waals surface area contributed by atoms with Crippen LogP contribution in [0.1, 0.15) is 57.5 Å². The molecule has 0 amide bonds. The number of methoxy groups -OCH3 is 2. The van der Waals surface area contributed by atoms with Crippen LogP contribution in [-0.4, -0.2) is 28.3 Å². The molecule has 0 saturated carbocycles. The van der Waals surface area contributed by atoms with Crippen molar-refractivity contribution in [2.75, 3.05) is 14.2 Å². The molecule has 0 heterocycles. The van der Waals surface area contributed by atoms with E-state index in [1.807, 2.05) is 0 Å². The fraction of sp³-hybridized carbons (Fsp3) is 0.550. The van der Waals surface area contributed by atoms with Crippen LogP contribution in [0.4, 0.5) is 0 Å². The third kappa shape index (κ3) is 4.40. The molecule has 0 radical (unpaired) electrons. The first-order chi connectivity index (χ1) is 11.6. The van der Waals surface area contributed by atoms with Gasteiger partial charge < -0.3 is 9.47 Å². The lowest BCUT2D eigenvalue weighted by Crippen LogP contribution is -2.43. The minimum Gasteiger partial charge on any atom is -0.495 e. The molecule has 5 heteroatoms. The van der Waals surface area contributed by atoms with Crippen molar-refractivity contribution in [1.29, 1.82) is 0 Å². The van der Waals surface area contributed by atoms with E-state index in [0.717, 1.165) is 0 Å². The Balaban J connectivity index is 3.58. The predicted octanol–water partition coefficient (Wildman–Crippen LogP) is 5.70. The maximum absolute atomic E-state index is 11.9. The van der Waals surface area contributed by atoms with Crippen molar-refractivity contribution in [3.05, 3.63) is 28.3 Å². The largest absolute Gasteiger partial charge is 0.495 e. The van der Waals surface area contributed by atoms with Crippen molar-refractivity contribution in [3.63, 3.8) is 0 Å². The minimum absolute atomic E-state index is 0.388. The summed E-state index contributed by atoms with van der Waals surface area (Å²) in [5, 5.41) is 0.432. The molecule has 0 bridgehead atoms. The fourth-order valence-electron chi connectivity index (χ4n) is 3.68. The van der Waals surface area contributed by atoms with Crippen LogP contribution in [0, 0.1) is 11.5 Å². The van der Waals surface area contributed by atoms with E-state index in [2.05, 4.69) is 53.0 Å². The highest BCUT2D eigenvalue weighted by Crippen LogP contribution is 2.41. The number of hydrogen-bond acceptors (Lipinski definition) is 3. The first-order valence-corrected chi connectivity index (χ1v) is 11.2. The zero-order chi connectivity index (χ0) is 19.4. The fourth-order valence-corrected chi connectivity index (χ4v) is 9.13. The quantitative estimate of drug-likeness (QED) is 0.373. The normalized spacial score (nSPS) is 11.5. The van der Waals surface area contributed by atoms with Gasteiger partial charge in [0.05, 0.1) is 24.8 Å². The molecular weight excluding hydrogens is 352 g/mol. The maximum atomic E-state index is 11.9. The molecule has 25 heavy (non-hydrogen) atoms. The van der Waals surface area contributed by atoms with Crippen LogP contribution in [-0.2, 0) is 4.74 Å². The molecule has 0 saturated heterocycles. The Bertz CT molecular complexity index is 662. The highest BCUT2D eigenvalue weighted by Gasteiger charge is 2.41. The highest BCUT2D eigenvalue weighted by molar-refractivity contribution is 6.90. The van der Waals surface area contributed by atoms with E-state index in [1.54, 1.807) is 12.1 Å². The van der Waals surface area contributed by atoms with Crippen LogP contribution >= 0.6 is 11.6 Å². The number of carbonyl (C=O) groups is 1. The second-order valence-corrected chi connectivity index (χ2v) is 13.1. The molecule has 0 spiro atoms. The molecule has 138 valence electrons. The second kappa shape index (κ2) is 8.78. The molecule has 0 aliphatic rings.